The van der Waals surface area contributed by atoms with Crippen molar-refractivity contribution in [3.8, 4) is 0 Å². The molecule has 0 rings (SSSR count). The van der Waals surface area contributed by atoms with Crippen LogP contribution in [0.15, 0.2) is 0 Å². The average Bonchev–Trinajstić information content (AvgIpc) is 2.27. The molecule has 0 aliphatic heterocycles. The van der Waals surface area contributed by atoms with Crippen molar-refractivity contribution in [1.82, 2.24) is 0 Å². The summed E-state index contributed by atoms with van der Waals surface area (Å²) >= 11 is 0. The predicted octanol–water partition coefficient (Wildman–Crippen LogP) is 3.65. The van der Waals surface area contributed by atoms with Crippen LogP contribution in [0.4, 0.5) is 0 Å². The maximum Gasteiger partial charge on any atom is 0.0468 e. The van der Waals surface area contributed by atoms with Gasteiger partial charge in [0.05, 0.1) is 0 Å². The minimum absolute atomic E-state index is 0.829. The van der Waals surface area contributed by atoms with Crippen LogP contribution in [0, 0.1) is 5.92 Å². The van der Waals surface area contributed by atoms with Gasteiger partial charge in [0.2, 0.25) is 0 Å². The summed E-state index contributed by atoms with van der Waals surface area (Å²) in [6.45, 7) is 10.1. The molecule has 0 aromatic rings. The van der Waals surface area contributed by atoms with E-state index in [1.165, 1.54) is 19.3 Å². The molecule has 0 radical (unpaired) electrons. The van der Waals surface area contributed by atoms with E-state index in [0.29, 0.717) is 0 Å². The van der Waals surface area contributed by atoms with Gasteiger partial charge in [0, 0.05) is 26.4 Å². The van der Waals surface area contributed by atoms with Crippen molar-refractivity contribution in [1.29, 1.82) is 0 Å². The highest BCUT2D eigenvalue weighted by Gasteiger charge is 2.02. The highest BCUT2D eigenvalue weighted by molar-refractivity contribution is 4.53. The molecule has 0 aromatic heterocycles. The first kappa shape index (κ1) is 14.9. The predicted molar refractivity (Wildman–Crippen MR) is 65.2 cm³/mol. The largest absolute Gasteiger partial charge is 0.382 e. The Hall–Kier alpha value is -0.0800. The van der Waals surface area contributed by atoms with Crippen molar-refractivity contribution in [2.45, 2.75) is 52.9 Å². The lowest BCUT2D eigenvalue weighted by Crippen LogP contribution is -2.05. The fourth-order valence-corrected chi connectivity index (χ4v) is 1.60. The van der Waals surface area contributed by atoms with Crippen molar-refractivity contribution in [2.24, 2.45) is 5.92 Å². The van der Waals surface area contributed by atoms with Gasteiger partial charge in [0.15, 0.2) is 0 Å². The van der Waals surface area contributed by atoms with E-state index < -0.39 is 0 Å². The van der Waals surface area contributed by atoms with Gasteiger partial charge >= 0.3 is 0 Å². The second-order valence-corrected chi connectivity index (χ2v) is 3.99. The number of unbranched alkanes of at least 4 members (excludes halogenated alkanes) is 1. The third-order valence-corrected chi connectivity index (χ3v) is 2.86. The van der Waals surface area contributed by atoms with Crippen LogP contribution in [0.5, 0.6) is 0 Å². The molecule has 0 aliphatic carbocycles. The molecule has 0 aromatic carbocycles. The Labute approximate surface area is 95.3 Å². The molecule has 0 N–H and O–H groups in total. The second kappa shape index (κ2) is 12.0. The average molecular weight is 216 g/mol. The van der Waals surface area contributed by atoms with E-state index in [4.69, 9.17) is 9.47 Å². The van der Waals surface area contributed by atoms with E-state index in [1.54, 1.807) is 0 Å². The molecule has 0 saturated carbocycles. The van der Waals surface area contributed by atoms with Crippen molar-refractivity contribution in [2.75, 3.05) is 26.4 Å². The highest BCUT2D eigenvalue weighted by atomic mass is 16.5. The van der Waals surface area contributed by atoms with E-state index in [1.807, 2.05) is 6.92 Å². The monoisotopic (exact) mass is 216 g/mol. The Bertz CT molecular complexity index is 111. The molecule has 0 aliphatic rings. The van der Waals surface area contributed by atoms with Gasteiger partial charge in [-0.1, -0.05) is 26.7 Å². The first-order valence-corrected chi connectivity index (χ1v) is 6.50. The Morgan fingerprint density at radius 2 is 1.40 bits per heavy atom. The van der Waals surface area contributed by atoms with E-state index in [0.717, 1.165) is 45.2 Å². The van der Waals surface area contributed by atoms with Gasteiger partial charge in [-0.3, -0.25) is 0 Å². The quantitative estimate of drug-likeness (QED) is 0.491. The second-order valence-electron chi connectivity index (χ2n) is 3.99. The van der Waals surface area contributed by atoms with Gasteiger partial charge in [-0.2, -0.15) is 0 Å². The van der Waals surface area contributed by atoms with Crippen LogP contribution < -0.4 is 0 Å². The normalized spacial score (nSPS) is 11.2. The Morgan fingerprint density at radius 1 is 0.800 bits per heavy atom. The molecular weight excluding hydrogens is 188 g/mol. The summed E-state index contributed by atoms with van der Waals surface area (Å²) in [6.07, 6.45) is 6.04. The maximum atomic E-state index is 5.59. The lowest BCUT2D eigenvalue weighted by atomic mass is 10.0. The summed E-state index contributed by atoms with van der Waals surface area (Å²) in [5.74, 6) is 0.855. The third kappa shape index (κ3) is 10.2. The molecular formula is C13H28O2. The van der Waals surface area contributed by atoms with E-state index >= 15 is 0 Å². The van der Waals surface area contributed by atoms with Crippen LogP contribution in [-0.2, 0) is 9.47 Å². The van der Waals surface area contributed by atoms with Gasteiger partial charge < -0.3 is 9.47 Å². The van der Waals surface area contributed by atoms with E-state index in [-0.39, 0.29) is 0 Å². The standard InChI is InChI=1S/C13H28O2/c1-4-13(5-2)9-12-15-11-8-7-10-14-6-3/h13H,4-12H2,1-3H3. The van der Waals surface area contributed by atoms with Crippen LogP contribution in [0.25, 0.3) is 0 Å². The molecule has 92 valence electrons. The summed E-state index contributed by atoms with van der Waals surface area (Å²) in [5, 5.41) is 0. The topological polar surface area (TPSA) is 18.5 Å². The zero-order valence-electron chi connectivity index (χ0n) is 10.8. The number of hydrogen-bond donors (Lipinski definition) is 0. The van der Waals surface area contributed by atoms with Crippen LogP contribution in [-0.4, -0.2) is 26.4 Å². The molecule has 2 nitrogen and oxygen atoms in total. The molecule has 0 fully saturated rings. The van der Waals surface area contributed by atoms with Crippen molar-refractivity contribution in [3.05, 3.63) is 0 Å². The number of hydrogen-bond acceptors (Lipinski definition) is 2. The first-order valence-electron chi connectivity index (χ1n) is 6.50. The Balaban J connectivity index is 3.04. The SMILES string of the molecule is CCOCCCCOCCC(CC)CC. The minimum atomic E-state index is 0.829. The van der Waals surface area contributed by atoms with Crippen LogP contribution >= 0.6 is 0 Å². The van der Waals surface area contributed by atoms with E-state index in [9.17, 15) is 0 Å². The molecule has 0 saturated heterocycles. The molecule has 0 unspecified atom stereocenters. The van der Waals surface area contributed by atoms with Crippen molar-refractivity contribution < 1.29 is 9.47 Å². The number of rotatable bonds is 11. The molecule has 0 bridgehead atoms. The van der Waals surface area contributed by atoms with Crippen LogP contribution in [0.2, 0.25) is 0 Å². The van der Waals surface area contributed by atoms with Gasteiger partial charge in [0.1, 0.15) is 0 Å². The zero-order chi connectivity index (χ0) is 11.4. The van der Waals surface area contributed by atoms with Gasteiger partial charge in [-0.05, 0) is 32.1 Å². The minimum Gasteiger partial charge on any atom is -0.382 e. The highest BCUT2D eigenvalue weighted by Crippen LogP contribution is 2.11. The Morgan fingerprint density at radius 3 is 1.93 bits per heavy atom. The maximum absolute atomic E-state index is 5.59. The smallest absolute Gasteiger partial charge is 0.0468 e. The molecule has 15 heavy (non-hydrogen) atoms. The van der Waals surface area contributed by atoms with Crippen molar-refractivity contribution >= 4 is 0 Å². The van der Waals surface area contributed by atoms with E-state index in [2.05, 4.69) is 13.8 Å². The molecule has 0 heterocycles. The van der Waals surface area contributed by atoms with Crippen molar-refractivity contribution in [3.63, 3.8) is 0 Å². The lowest BCUT2D eigenvalue weighted by Gasteiger charge is -2.11. The van der Waals surface area contributed by atoms with Crippen LogP contribution in [0.3, 0.4) is 0 Å². The van der Waals surface area contributed by atoms with Gasteiger partial charge in [0.25, 0.3) is 0 Å². The first-order chi connectivity index (χ1) is 7.35. The fraction of sp³-hybridized carbons (Fsp3) is 1.00. The van der Waals surface area contributed by atoms with Crippen LogP contribution in [0.1, 0.15) is 52.9 Å². The molecule has 0 amide bonds. The third-order valence-electron chi connectivity index (χ3n) is 2.86. The summed E-state index contributed by atoms with van der Waals surface area (Å²) in [7, 11) is 0. The summed E-state index contributed by atoms with van der Waals surface area (Å²) in [5.41, 5.74) is 0. The Kier molecular flexibility index (Phi) is 11.9. The number of ether oxygens (including phenoxy) is 2. The van der Waals surface area contributed by atoms with Gasteiger partial charge in [-0.25, -0.2) is 0 Å². The molecule has 2 heteroatoms. The zero-order valence-corrected chi connectivity index (χ0v) is 10.8. The molecule has 0 atom stereocenters. The fourth-order valence-electron chi connectivity index (χ4n) is 1.60. The lowest BCUT2D eigenvalue weighted by molar-refractivity contribution is 0.0991. The summed E-state index contributed by atoms with van der Waals surface area (Å²) in [6, 6.07) is 0. The summed E-state index contributed by atoms with van der Waals surface area (Å²) < 4.78 is 10.8. The van der Waals surface area contributed by atoms with Gasteiger partial charge in [-0.15, -0.1) is 0 Å². The molecule has 0 spiro atoms. The summed E-state index contributed by atoms with van der Waals surface area (Å²) in [4.78, 5) is 0.